The van der Waals surface area contributed by atoms with Crippen LogP contribution in [0.2, 0.25) is 10.0 Å². The van der Waals surface area contributed by atoms with Gasteiger partial charge in [-0.1, -0.05) is 29.3 Å². The Labute approximate surface area is 176 Å². The van der Waals surface area contributed by atoms with Gasteiger partial charge in [0.05, 0.1) is 15.6 Å². The molecule has 0 saturated heterocycles. The Balaban J connectivity index is 1.51. The largest absolute Gasteiger partial charge is 0.457 e. The van der Waals surface area contributed by atoms with Gasteiger partial charge >= 0.3 is 0 Å². The Hall–Kier alpha value is -3.08. The molecular formula is C23H13Cl2FO3. The zero-order chi connectivity index (χ0) is 20.4. The third-order valence-electron chi connectivity index (χ3n) is 4.21. The lowest BCUT2D eigenvalue weighted by Crippen LogP contribution is -1.90. The van der Waals surface area contributed by atoms with Crippen LogP contribution in [0.5, 0.6) is 0 Å². The van der Waals surface area contributed by atoms with Crippen molar-refractivity contribution in [2.24, 2.45) is 0 Å². The number of ketones is 1. The van der Waals surface area contributed by atoms with Crippen molar-refractivity contribution in [3.05, 3.63) is 100 Å². The molecular weight excluding hydrogens is 414 g/mol. The quantitative estimate of drug-likeness (QED) is 0.244. The number of hydrogen-bond donors (Lipinski definition) is 0. The van der Waals surface area contributed by atoms with Crippen molar-refractivity contribution in [2.45, 2.75) is 0 Å². The Morgan fingerprint density at radius 2 is 1.52 bits per heavy atom. The van der Waals surface area contributed by atoms with Gasteiger partial charge in [0.15, 0.2) is 5.76 Å². The minimum atomic E-state index is -0.338. The van der Waals surface area contributed by atoms with E-state index in [1.54, 1.807) is 54.6 Å². The van der Waals surface area contributed by atoms with E-state index in [2.05, 4.69) is 0 Å². The first-order chi connectivity index (χ1) is 14.0. The molecule has 2 aromatic heterocycles. The molecule has 2 heterocycles. The first-order valence-corrected chi connectivity index (χ1v) is 9.39. The highest BCUT2D eigenvalue weighted by molar-refractivity contribution is 6.39. The van der Waals surface area contributed by atoms with Crippen molar-refractivity contribution < 1.29 is 18.0 Å². The van der Waals surface area contributed by atoms with E-state index in [9.17, 15) is 9.18 Å². The standard InChI is InChI=1S/C23H13Cl2FO3/c24-17-2-1-3-18(25)23(17)22-11-9-16(28-22)8-10-19(27)21-13-12-20(29-21)14-4-6-15(26)7-5-14/h1-13H/b10-8+. The van der Waals surface area contributed by atoms with Gasteiger partial charge < -0.3 is 8.83 Å². The molecule has 29 heavy (non-hydrogen) atoms. The monoisotopic (exact) mass is 426 g/mol. The summed E-state index contributed by atoms with van der Waals surface area (Å²) in [5.41, 5.74) is 1.28. The van der Waals surface area contributed by atoms with E-state index in [0.717, 1.165) is 0 Å². The first kappa shape index (κ1) is 19.2. The molecule has 0 amide bonds. The summed E-state index contributed by atoms with van der Waals surface area (Å²) in [4.78, 5) is 12.4. The van der Waals surface area contributed by atoms with Crippen molar-refractivity contribution in [3.8, 4) is 22.6 Å². The van der Waals surface area contributed by atoms with Gasteiger partial charge in [-0.15, -0.1) is 0 Å². The topological polar surface area (TPSA) is 43.4 Å². The zero-order valence-electron chi connectivity index (χ0n) is 14.9. The molecule has 0 atom stereocenters. The van der Waals surface area contributed by atoms with Crippen LogP contribution in [0.25, 0.3) is 28.7 Å². The molecule has 0 aliphatic carbocycles. The minimum absolute atomic E-state index is 0.168. The van der Waals surface area contributed by atoms with E-state index >= 15 is 0 Å². The average Bonchev–Trinajstić information content (AvgIpc) is 3.37. The van der Waals surface area contributed by atoms with Crippen LogP contribution in [0.3, 0.4) is 0 Å². The molecule has 0 saturated carbocycles. The van der Waals surface area contributed by atoms with Gasteiger partial charge in [0.2, 0.25) is 5.78 Å². The van der Waals surface area contributed by atoms with E-state index in [1.165, 1.54) is 24.3 Å². The maximum atomic E-state index is 13.0. The lowest BCUT2D eigenvalue weighted by atomic mass is 10.2. The summed E-state index contributed by atoms with van der Waals surface area (Å²) < 4.78 is 24.3. The molecule has 6 heteroatoms. The number of furan rings is 2. The van der Waals surface area contributed by atoms with Crippen LogP contribution in [0.4, 0.5) is 4.39 Å². The zero-order valence-corrected chi connectivity index (χ0v) is 16.4. The van der Waals surface area contributed by atoms with Crippen LogP contribution in [-0.4, -0.2) is 5.78 Å². The van der Waals surface area contributed by atoms with Gasteiger partial charge in [0, 0.05) is 5.56 Å². The fraction of sp³-hybridized carbons (Fsp3) is 0. The fourth-order valence-electron chi connectivity index (χ4n) is 2.79. The normalized spacial score (nSPS) is 11.3. The predicted molar refractivity (Wildman–Crippen MR) is 112 cm³/mol. The van der Waals surface area contributed by atoms with Crippen molar-refractivity contribution in [2.75, 3.05) is 0 Å². The second-order valence-corrected chi connectivity index (χ2v) is 6.98. The number of carbonyl (C=O) groups is 1. The molecule has 0 unspecified atom stereocenters. The molecule has 4 aromatic rings. The summed E-state index contributed by atoms with van der Waals surface area (Å²) in [5, 5.41) is 0.949. The molecule has 0 aliphatic rings. The van der Waals surface area contributed by atoms with Crippen LogP contribution in [0, 0.1) is 5.82 Å². The molecule has 0 spiro atoms. The van der Waals surface area contributed by atoms with Crippen molar-refractivity contribution >= 4 is 35.1 Å². The highest BCUT2D eigenvalue weighted by Gasteiger charge is 2.13. The molecule has 0 fully saturated rings. The van der Waals surface area contributed by atoms with Gasteiger partial charge in [-0.05, 0) is 72.8 Å². The van der Waals surface area contributed by atoms with E-state index in [4.69, 9.17) is 32.0 Å². The Morgan fingerprint density at radius 1 is 0.828 bits per heavy atom. The molecule has 0 radical (unpaired) electrons. The summed E-state index contributed by atoms with van der Waals surface area (Å²) in [6.45, 7) is 0. The lowest BCUT2D eigenvalue weighted by Gasteiger charge is -2.02. The third-order valence-corrected chi connectivity index (χ3v) is 4.84. The highest BCUT2D eigenvalue weighted by atomic mass is 35.5. The Morgan fingerprint density at radius 3 is 2.24 bits per heavy atom. The number of halogens is 3. The predicted octanol–water partition coefficient (Wildman–Crippen LogP) is 7.55. The Bertz CT molecular complexity index is 1180. The molecule has 3 nitrogen and oxygen atoms in total. The van der Waals surface area contributed by atoms with Gasteiger partial charge in [0.25, 0.3) is 0 Å². The second kappa shape index (κ2) is 8.11. The summed E-state index contributed by atoms with van der Waals surface area (Å²) in [6, 6.07) is 17.7. The average molecular weight is 427 g/mol. The van der Waals surface area contributed by atoms with Crippen molar-refractivity contribution in [1.82, 2.24) is 0 Å². The fourth-order valence-corrected chi connectivity index (χ4v) is 3.37. The maximum Gasteiger partial charge on any atom is 0.221 e. The van der Waals surface area contributed by atoms with E-state index in [-0.39, 0.29) is 17.4 Å². The van der Waals surface area contributed by atoms with E-state index in [0.29, 0.717) is 38.5 Å². The summed E-state index contributed by atoms with van der Waals surface area (Å²) in [6.07, 6.45) is 2.89. The van der Waals surface area contributed by atoms with Crippen LogP contribution < -0.4 is 0 Å². The van der Waals surface area contributed by atoms with Crippen LogP contribution in [-0.2, 0) is 0 Å². The minimum Gasteiger partial charge on any atom is -0.457 e. The number of carbonyl (C=O) groups excluding carboxylic acids is 1. The van der Waals surface area contributed by atoms with Gasteiger partial charge in [-0.2, -0.15) is 0 Å². The smallest absolute Gasteiger partial charge is 0.221 e. The van der Waals surface area contributed by atoms with Gasteiger partial charge in [-0.25, -0.2) is 4.39 Å². The summed E-state index contributed by atoms with van der Waals surface area (Å²) in [7, 11) is 0. The maximum absolute atomic E-state index is 13.0. The SMILES string of the molecule is O=C(/C=C/c1ccc(-c2c(Cl)cccc2Cl)o1)c1ccc(-c2ccc(F)cc2)o1. The van der Waals surface area contributed by atoms with Gasteiger partial charge in [0.1, 0.15) is 23.1 Å². The van der Waals surface area contributed by atoms with Crippen molar-refractivity contribution in [3.63, 3.8) is 0 Å². The second-order valence-electron chi connectivity index (χ2n) is 6.17. The molecule has 0 N–H and O–H groups in total. The molecule has 4 rings (SSSR count). The Kier molecular flexibility index (Phi) is 5.38. The lowest BCUT2D eigenvalue weighted by molar-refractivity contribution is 0.102. The van der Waals surface area contributed by atoms with Crippen LogP contribution in [0.15, 0.2) is 81.6 Å². The summed E-state index contributed by atoms with van der Waals surface area (Å²) >= 11 is 12.4. The summed E-state index contributed by atoms with van der Waals surface area (Å²) in [5.74, 6) is 0.957. The third kappa shape index (κ3) is 4.19. The van der Waals surface area contributed by atoms with Gasteiger partial charge in [-0.3, -0.25) is 4.79 Å². The number of benzene rings is 2. The molecule has 0 bridgehead atoms. The highest BCUT2D eigenvalue weighted by Crippen LogP contribution is 2.35. The number of allylic oxidation sites excluding steroid dienone is 1. The number of rotatable bonds is 5. The first-order valence-electron chi connectivity index (χ1n) is 8.64. The van der Waals surface area contributed by atoms with Crippen molar-refractivity contribution in [1.29, 1.82) is 0 Å². The number of hydrogen-bond acceptors (Lipinski definition) is 3. The van der Waals surface area contributed by atoms with E-state index in [1.807, 2.05) is 0 Å². The van der Waals surface area contributed by atoms with E-state index < -0.39 is 0 Å². The molecule has 144 valence electrons. The van der Waals surface area contributed by atoms with Crippen LogP contribution >= 0.6 is 23.2 Å². The molecule has 2 aromatic carbocycles. The van der Waals surface area contributed by atoms with Crippen LogP contribution in [0.1, 0.15) is 16.3 Å². The molecule has 0 aliphatic heterocycles.